The van der Waals surface area contributed by atoms with Crippen LogP contribution in [0.5, 0.6) is 0 Å². The lowest BCUT2D eigenvalue weighted by molar-refractivity contribution is -0.220. The van der Waals surface area contributed by atoms with E-state index in [0.29, 0.717) is 27.8 Å². The fraction of sp³-hybridized carbons (Fsp3) is 0.136. The number of fused-ring (bicyclic) bond motifs is 4. The molecule has 5 heteroatoms. The molecule has 1 aliphatic carbocycles. The van der Waals surface area contributed by atoms with Crippen LogP contribution in [0.2, 0.25) is 0 Å². The molecule has 0 aromatic heterocycles. The molecule has 3 fully saturated rings. The van der Waals surface area contributed by atoms with Crippen LogP contribution in [-0.2, 0) is 20.5 Å². The summed E-state index contributed by atoms with van der Waals surface area (Å²) in [5.74, 6) is -5.14. The molecular weight excluding hydrogens is 608 g/mol. The van der Waals surface area contributed by atoms with Gasteiger partial charge in [-0.05, 0) is 21.9 Å². The lowest BCUT2D eigenvalue weighted by Crippen LogP contribution is -2.73. The number of hydrogen-bond donors (Lipinski definition) is 0. The maximum atomic E-state index is 15.4. The number of esters is 1. The third-order valence-corrected chi connectivity index (χ3v) is 10.5. The van der Waals surface area contributed by atoms with Crippen molar-refractivity contribution in [1.29, 1.82) is 0 Å². The van der Waals surface area contributed by atoms with Crippen molar-refractivity contribution in [3.63, 3.8) is 0 Å². The smallest absolute Gasteiger partial charge is 0.319 e. The first-order valence-corrected chi connectivity index (χ1v) is 16.5. The largest absolute Gasteiger partial charge is 0.453 e. The van der Waals surface area contributed by atoms with Crippen LogP contribution in [0.25, 0.3) is 10.8 Å². The van der Waals surface area contributed by atoms with Gasteiger partial charge in [0.2, 0.25) is 0 Å². The van der Waals surface area contributed by atoms with Gasteiger partial charge >= 0.3 is 5.97 Å². The van der Waals surface area contributed by atoms with Crippen molar-refractivity contribution in [3.05, 3.63) is 192 Å². The molecule has 0 spiro atoms. The van der Waals surface area contributed by atoms with Gasteiger partial charge in [-0.2, -0.15) is 0 Å². The molecule has 1 unspecified atom stereocenters. The first-order chi connectivity index (χ1) is 24.0. The fourth-order valence-corrected chi connectivity index (χ4v) is 8.48. The number of ketones is 3. The molecule has 0 amide bonds. The van der Waals surface area contributed by atoms with Gasteiger partial charge in [0.25, 0.3) is 0 Å². The number of rotatable bonds is 8. The minimum Gasteiger partial charge on any atom is -0.453 e. The molecule has 3 aliphatic rings. The lowest BCUT2D eigenvalue weighted by Gasteiger charge is -2.62. The first kappa shape index (κ1) is 30.4. The third-order valence-electron chi connectivity index (χ3n) is 10.5. The van der Waals surface area contributed by atoms with Crippen molar-refractivity contribution in [3.8, 4) is 0 Å². The topological polar surface area (TPSA) is 77.5 Å². The average molecular weight is 641 g/mol. The highest BCUT2D eigenvalue weighted by Crippen LogP contribution is 2.66. The highest BCUT2D eigenvalue weighted by molar-refractivity contribution is 6.14. The van der Waals surface area contributed by atoms with E-state index in [1.54, 1.807) is 72.8 Å². The van der Waals surface area contributed by atoms with Crippen LogP contribution < -0.4 is 0 Å². The monoisotopic (exact) mass is 640 g/mol. The Morgan fingerprint density at radius 1 is 0.510 bits per heavy atom. The van der Waals surface area contributed by atoms with Gasteiger partial charge in [-0.3, -0.25) is 19.2 Å². The molecule has 6 aromatic rings. The standard InChI is InChI=1S/C44H32O5/c45-39(30-17-5-1-6-18-30)36-28-43(33-24-11-4-12-25-33)37(40(46)31-19-7-2-8-20-31)38(41(47)32-21-9-3-10-22-32)44(36,42(48)49-43)35-27-15-23-29-16-13-14-26-34(29)35/h1-27,36-38H,28H2/t36?,37-,38+,43-,44+/m1/s1. The number of ether oxygens (including phenoxy) is 1. The quantitative estimate of drug-likeness (QED) is 0.123. The van der Waals surface area contributed by atoms with Crippen molar-refractivity contribution in [1.82, 2.24) is 0 Å². The third kappa shape index (κ3) is 4.61. The number of benzene rings is 6. The molecule has 9 rings (SSSR count). The van der Waals surface area contributed by atoms with Crippen molar-refractivity contribution in [2.75, 3.05) is 0 Å². The lowest BCUT2D eigenvalue weighted by atomic mass is 9.43. The van der Waals surface area contributed by atoms with Crippen LogP contribution in [0.15, 0.2) is 164 Å². The molecule has 0 radical (unpaired) electrons. The van der Waals surface area contributed by atoms with Crippen LogP contribution in [-0.4, -0.2) is 23.3 Å². The van der Waals surface area contributed by atoms with Gasteiger partial charge in [-0.25, -0.2) is 0 Å². The SMILES string of the molecule is O=C(c1ccccc1)C1C[C@]2(c3ccccc3)OC(=O)[C@]1(c1cccc3ccccc13)[C@H](C(=O)c1ccccc1)[C@@H]2C(=O)c1ccccc1. The Bertz CT molecular complexity index is 2210. The van der Waals surface area contributed by atoms with Crippen LogP contribution in [0.4, 0.5) is 0 Å². The zero-order valence-electron chi connectivity index (χ0n) is 26.6. The molecule has 6 aromatic carbocycles. The summed E-state index contributed by atoms with van der Waals surface area (Å²) in [6.45, 7) is 0. The van der Waals surface area contributed by atoms with Crippen LogP contribution in [0.3, 0.4) is 0 Å². The van der Waals surface area contributed by atoms with Gasteiger partial charge in [0.1, 0.15) is 11.0 Å². The van der Waals surface area contributed by atoms with E-state index in [2.05, 4.69) is 0 Å². The van der Waals surface area contributed by atoms with Gasteiger partial charge < -0.3 is 4.74 Å². The number of Topliss-reactive ketones (excluding diaryl/α,β-unsaturated/α-hetero) is 3. The molecule has 238 valence electrons. The molecule has 5 nitrogen and oxygen atoms in total. The average Bonchev–Trinajstić information content (AvgIpc) is 3.17. The summed E-state index contributed by atoms with van der Waals surface area (Å²) >= 11 is 0. The van der Waals surface area contributed by atoms with Gasteiger partial charge in [0, 0.05) is 29.0 Å². The van der Waals surface area contributed by atoms with E-state index in [1.165, 1.54) is 0 Å². The van der Waals surface area contributed by atoms with E-state index in [0.717, 1.165) is 10.8 Å². The predicted molar refractivity (Wildman–Crippen MR) is 187 cm³/mol. The molecular formula is C44H32O5. The summed E-state index contributed by atoms with van der Waals surface area (Å²) in [5, 5.41) is 1.56. The molecule has 1 saturated carbocycles. The molecule has 2 saturated heterocycles. The zero-order chi connectivity index (χ0) is 33.6. The van der Waals surface area contributed by atoms with Gasteiger partial charge in [-0.15, -0.1) is 0 Å². The van der Waals surface area contributed by atoms with E-state index >= 15 is 19.2 Å². The Kier molecular flexibility index (Phi) is 7.41. The first-order valence-electron chi connectivity index (χ1n) is 16.5. The number of hydrogen-bond acceptors (Lipinski definition) is 5. The van der Waals surface area contributed by atoms with Crippen LogP contribution in [0, 0.1) is 17.8 Å². The summed E-state index contributed by atoms with van der Waals surface area (Å²) in [6, 6.07) is 48.9. The second-order valence-corrected chi connectivity index (χ2v) is 12.9. The Morgan fingerprint density at radius 3 is 1.57 bits per heavy atom. The highest BCUT2D eigenvalue weighted by Gasteiger charge is 2.76. The van der Waals surface area contributed by atoms with E-state index < -0.39 is 34.7 Å². The Hall–Kier alpha value is -5.94. The minimum atomic E-state index is -1.84. The summed E-state index contributed by atoms with van der Waals surface area (Å²) in [6.07, 6.45) is 0.0154. The molecule has 49 heavy (non-hydrogen) atoms. The zero-order valence-corrected chi connectivity index (χ0v) is 26.6. The van der Waals surface area contributed by atoms with E-state index in [1.807, 2.05) is 91.0 Å². The van der Waals surface area contributed by atoms with Gasteiger partial charge in [0.05, 0.1) is 11.8 Å². The normalized spacial score (nSPS) is 24.2. The van der Waals surface area contributed by atoms with Crippen LogP contribution >= 0.6 is 0 Å². The maximum Gasteiger partial charge on any atom is 0.319 e. The molecule has 2 aliphatic heterocycles. The number of carbonyl (C=O) groups excluding carboxylic acids is 4. The maximum absolute atomic E-state index is 15.4. The summed E-state index contributed by atoms with van der Waals surface area (Å²) in [4.78, 5) is 61.0. The molecule has 2 bridgehead atoms. The van der Waals surface area contributed by atoms with Gasteiger partial charge in [-0.1, -0.05) is 164 Å². The second-order valence-electron chi connectivity index (χ2n) is 12.9. The van der Waals surface area contributed by atoms with Crippen LogP contribution in [0.1, 0.15) is 48.6 Å². The summed E-state index contributed by atoms with van der Waals surface area (Å²) in [5.41, 5.74) is -1.20. The Balaban J connectivity index is 1.51. The van der Waals surface area contributed by atoms with Crippen molar-refractivity contribution in [2.45, 2.75) is 17.4 Å². The Labute approximate surface area is 284 Å². The summed E-state index contributed by atoms with van der Waals surface area (Å²) in [7, 11) is 0. The Morgan fingerprint density at radius 2 is 0.980 bits per heavy atom. The van der Waals surface area contributed by atoms with E-state index in [4.69, 9.17) is 4.74 Å². The second kappa shape index (κ2) is 11.9. The molecule has 2 heterocycles. The molecule has 0 N–H and O–H groups in total. The minimum absolute atomic E-state index is 0.0154. The summed E-state index contributed by atoms with van der Waals surface area (Å²) < 4.78 is 6.69. The van der Waals surface area contributed by atoms with Crippen molar-refractivity contribution >= 4 is 34.1 Å². The van der Waals surface area contributed by atoms with Gasteiger partial charge in [0.15, 0.2) is 17.3 Å². The van der Waals surface area contributed by atoms with Crippen molar-refractivity contribution in [2.24, 2.45) is 17.8 Å². The molecule has 5 atom stereocenters. The fourth-order valence-electron chi connectivity index (χ4n) is 8.48. The highest BCUT2D eigenvalue weighted by atomic mass is 16.6. The number of carbonyl (C=O) groups is 4. The predicted octanol–water partition coefficient (Wildman–Crippen LogP) is 8.43. The van der Waals surface area contributed by atoms with Crippen molar-refractivity contribution < 1.29 is 23.9 Å². The van der Waals surface area contributed by atoms with E-state index in [9.17, 15) is 0 Å². The van der Waals surface area contributed by atoms with E-state index in [-0.39, 0.29) is 23.8 Å².